The highest BCUT2D eigenvalue weighted by Crippen LogP contribution is 2.27. The SMILES string of the molecule is C[C@@H](O)C#Cc1cccc(-c2nc(C(N)=O)n3ccc(Cl)cc23)c1.Cc1nnco1. The zero-order valence-corrected chi connectivity index (χ0v) is 17.0. The molecular weight excluding hydrogens is 406 g/mol. The van der Waals surface area contributed by atoms with Crippen LogP contribution in [0.3, 0.4) is 0 Å². The van der Waals surface area contributed by atoms with Crippen molar-refractivity contribution < 1.29 is 14.3 Å². The molecule has 3 N–H and O–H groups in total. The summed E-state index contributed by atoms with van der Waals surface area (Å²) in [4.78, 5) is 16.0. The summed E-state index contributed by atoms with van der Waals surface area (Å²) < 4.78 is 6.22. The smallest absolute Gasteiger partial charge is 0.285 e. The Morgan fingerprint density at radius 2 is 2.13 bits per heavy atom. The minimum absolute atomic E-state index is 0.136. The Balaban J connectivity index is 0.000000367. The first kappa shape index (κ1) is 21.0. The number of carbonyl (C=O) groups excluding carboxylic acids is 1. The molecule has 0 aliphatic rings. The van der Waals surface area contributed by atoms with Crippen LogP contribution < -0.4 is 5.73 Å². The summed E-state index contributed by atoms with van der Waals surface area (Å²) in [6, 6.07) is 10.8. The minimum Gasteiger partial charge on any atom is -0.428 e. The molecule has 0 radical (unpaired) electrons. The van der Waals surface area contributed by atoms with Crippen molar-refractivity contribution in [1.29, 1.82) is 0 Å². The fourth-order valence-electron chi connectivity index (χ4n) is 2.61. The number of benzene rings is 1. The summed E-state index contributed by atoms with van der Waals surface area (Å²) in [5.41, 5.74) is 8.19. The molecule has 1 amide bonds. The number of rotatable bonds is 2. The number of nitrogens with zero attached hydrogens (tertiary/aromatic N) is 4. The zero-order valence-electron chi connectivity index (χ0n) is 16.2. The van der Waals surface area contributed by atoms with Crippen LogP contribution in [0.25, 0.3) is 16.8 Å². The van der Waals surface area contributed by atoms with Gasteiger partial charge in [0.05, 0.1) is 11.2 Å². The highest BCUT2D eigenvalue weighted by Gasteiger charge is 2.16. The topological polar surface area (TPSA) is 120 Å². The van der Waals surface area contributed by atoms with Crippen LogP contribution >= 0.6 is 11.6 Å². The summed E-state index contributed by atoms with van der Waals surface area (Å²) in [5, 5.41) is 16.7. The van der Waals surface area contributed by atoms with Crippen molar-refractivity contribution in [2.24, 2.45) is 5.73 Å². The molecule has 0 spiro atoms. The van der Waals surface area contributed by atoms with Crippen molar-refractivity contribution in [3.8, 4) is 23.1 Å². The van der Waals surface area contributed by atoms with Crippen molar-refractivity contribution in [3.05, 3.63) is 71.3 Å². The monoisotopic (exact) mass is 423 g/mol. The zero-order chi connectivity index (χ0) is 21.7. The lowest BCUT2D eigenvalue weighted by molar-refractivity contribution is 0.0990. The van der Waals surface area contributed by atoms with Crippen molar-refractivity contribution in [2.45, 2.75) is 20.0 Å². The number of hydrogen-bond acceptors (Lipinski definition) is 6. The van der Waals surface area contributed by atoms with E-state index in [9.17, 15) is 9.90 Å². The normalized spacial score (nSPS) is 11.2. The van der Waals surface area contributed by atoms with Gasteiger partial charge in [-0.25, -0.2) is 4.98 Å². The van der Waals surface area contributed by atoms with Crippen molar-refractivity contribution in [3.63, 3.8) is 0 Å². The highest BCUT2D eigenvalue weighted by molar-refractivity contribution is 6.31. The summed E-state index contributed by atoms with van der Waals surface area (Å²) in [6.45, 7) is 3.34. The molecule has 30 heavy (non-hydrogen) atoms. The van der Waals surface area contributed by atoms with Gasteiger partial charge >= 0.3 is 0 Å². The van der Waals surface area contributed by atoms with E-state index >= 15 is 0 Å². The van der Waals surface area contributed by atoms with Crippen molar-refractivity contribution in [2.75, 3.05) is 0 Å². The number of pyridine rings is 1. The van der Waals surface area contributed by atoms with Crippen LogP contribution in [0, 0.1) is 18.8 Å². The first-order valence-electron chi connectivity index (χ1n) is 8.85. The minimum atomic E-state index is -0.706. The van der Waals surface area contributed by atoms with Crippen LogP contribution in [0.4, 0.5) is 0 Å². The second kappa shape index (κ2) is 9.22. The van der Waals surface area contributed by atoms with E-state index in [-0.39, 0.29) is 5.82 Å². The number of aromatic nitrogens is 4. The summed E-state index contributed by atoms with van der Waals surface area (Å²) in [7, 11) is 0. The first-order valence-corrected chi connectivity index (χ1v) is 9.23. The molecule has 9 heteroatoms. The predicted molar refractivity (Wildman–Crippen MR) is 112 cm³/mol. The predicted octanol–water partition coefficient (Wildman–Crippen LogP) is 2.86. The van der Waals surface area contributed by atoms with E-state index in [2.05, 4.69) is 31.4 Å². The third-order valence-electron chi connectivity index (χ3n) is 3.86. The van der Waals surface area contributed by atoms with Crippen LogP contribution in [0.15, 0.2) is 53.4 Å². The molecule has 4 rings (SSSR count). The average Bonchev–Trinajstić information content (AvgIpc) is 3.33. The molecule has 0 aliphatic heterocycles. The fourth-order valence-corrected chi connectivity index (χ4v) is 2.76. The molecule has 0 aliphatic carbocycles. The molecule has 0 bridgehead atoms. The van der Waals surface area contributed by atoms with Gasteiger partial charge in [0.2, 0.25) is 18.1 Å². The Morgan fingerprint density at radius 3 is 2.73 bits per heavy atom. The number of carbonyl (C=O) groups is 1. The van der Waals surface area contributed by atoms with E-state index in [4.69, 9.17) is 17.3 Å². The van der Waals surface area contributed by atoms with Gasteiger partial charge < -0.3 is 15.3 Å². The molecule has 152 valence electrons. The van der Waals surface area contributed by atoms with Gasteiger partial charge in [-0.3, -0.25) is 9.20 Å². The molecule has 0 saturated heterocycles. The quantitative estimate of drug-likeness (QED) is 0.478. The Bertz CT molecular complexity index is 1240. The number of fused-ring (bicyclic) bond motifs is 1. The standard InChI is InChI=1S/C18H14ClN3O2.C3H4N2O/c1-11(23)5-6-12-3-2-4-13(9-12)16-15-10-14(19)7-8-22(15)18(21-16)17(20)24;1-3-5-4-2-6-3/h2-4,7-11,23H,1H3,(H2,20,24);2H,1H3/t11-;/m1./s1. The molecule has 1 atom stereocenters. The highest BCUT2D eigenvalue weighted by atomic mass is 35.5. The maximum absolute atomic E-state index is 11.6. The second-order valence-corrected chi connectivity index (χ2v) is 6.67. The van der Waals surface area contributed by atoms with Gasteiger partial charge in [0.1, 0.15) is 6.10 Å². The van der Waals surface area contributed by atoms with E-state index in [1.54, 1.807) is 36.6 Å². The molecule has 0 fully saturated rings. The van der Waals surface area contributed by atoms with E-state index in [0.29, 0.717) is 22.1 Å². The molecule has 0 unspecified atom stereocenters. The van der Waals surface area contributed by atoms with Gasteiger partial charge in [-0.1, -0.05) is 35.6 Å². The van der Waals surface area contributed by atoms with Crippen LogP contribution in [0.5, 0.6) is 0 Å². The molecular formula is C21H18ClN5O3. The largest absolute Gasteiger partial charge is 0.428 e. The number of hydrogen-bond donors (Lipinski definition) is 2. The Morgan fingerprint density at radius 1 is 1.33 bits per heavy atom. The van der Waals surface area contributed by atoms with E-state index in [1.807, 2.05) is 24.3 Å². The summed E-state index contributed by atoms with van der Waals surface area (Å²) in [5.74, 6) is 5.71. The number of amides is 1. The summed E-state index contributed by atoms with van der Waals surface area (Å²) in [6.07, 6.45) is 2.25. The molecule has 8 nitrogen and oxygen atoms in total. The molecule has 3 heterocycles. The van der Waals surface area contributed by atoms with Gasteiger partial charge in [0, 0.05) is 29.3 Å². The number of aliphatic hydroxyl groups excluding tert-OH is 1. The van der Waals surface area contributed by atoms with Crippen molar-refractivity contribution in [1.82, 2.24) is 19.6 Å². The second-order valence-electron chi connectivity index (χ2n) is 6.23. The molecule has 3 aromatic heterocycles. The van der Waals surface area contributed by atoms with Gasteiger partial charge in [-0.15, -0.1) is 10.2 Å². The average molecular weight is 424 g/mol. The lowest BCUT2D eigenvalue weighted by Crippen LogP contribution is -2.15. The van der Waals surface area contributed by atoms with Gasteiger partial charge in [0.15, 0.2) is 0 Å². The maximum Gasteiger partial charge on any atom is 0.285 e. The third-order valence-corrected chi connectivity index (χ3v) is 4.09. The lowest BCUT2D eigenvalue weighted by atomic mass is 10.1. The molecule has 0 saturated carbocycles. The van der Waals surface area contributed by atoms with Crippen LogP contribution in [-0.4, -0.2) is 36.7 Å². The van der Waals surface area contributed by atoms with Crippen LogP contribution in [0.2, 0.25) is 5.02 Å². The number of aryl methyl sites for hydroxylation is 1. The number of primary amides is 1. The van der Waals surface area contributed by atoms with Crippen molar-refractivity contribution >= 4 is 23.0 Å². The fraction of sp³-hybridized carbons (Fsp3) is 0.143. The molecule has 1 aromatic carbocycles. The van der Waals surface area contributed by atoms with E-state index in [0.717, 1.165) is 11.1 Å². The number of nitrogens with two attached hydrogens (primary N) is 1. The van der Waals surface area contributed by atoms with Crippen LogP contribution in [0.1, 0.15) is 29.0 Å². The first-order chi connectivity index (χ1) is 14.3. The van der Waals surface area contributed by atoms with Gasteiger partial charge in [-0.05, 0) is 31.2 Å². The Kier molecular flexibility index (Phi) is 6.47. The van der Waals surface area contributed by atoms with Crippen LogP contribution in [-0.2, 0) is 0 Å². The Hall–Kier alpha value is -3.67. The number of aliphatic hydroxyl groups is 1. The number of imidazole rings is 1. The third kappa shape index (κ3) is 5.03. The van der Waals surface area contributed by atoms with E-state index in [1.165, 1.54) is 6.39 Å². The van der Waals surface area contributed by atoms with E-state index < -0.39 is 12.0 Å². The lowest BCUT2D eigenvalue weighted by Gasteiger charge is -2.01. The summed E-state index contributed by atoms with van der Waals surface area (Å²) >= 11 is 6.08. The van der Waals surface area contributed by atoms with Gasteiger partial charge in [0.25, 0.3) is 5.91 Å². The Labute approximate surface area is 177 Å². The molecule has 4 aromatic rings. The number of halogens is 1. The van der Waals surface area contributed by atoms with Gasteiger partial charge in [-0.2, -0.15) is 0 Å². The maximum atomic E-state index is 11.6.